The van der Waals surface area contributed by atoms with E-state index in [9.17, 15) is 9.59 Å². The van der Waals surface area contributed by atoms with Gasteiger partial charge in [0.1, 0.15) is 0 Å². The summed E-state index contributed by atoms with van der Waals surface area (Å²) in [5.41, 5.74) is 6.80. The summed E-state index contributed by atoms with van der Waals surface area (Å²) in [6.45, 7) is 0. The van der Waals surface area contributed by atoms with Crippen LogP contribution in [-0.4, -0.2) is 31.8 Å². The number of hydrogen-bond donors (Lipinski definition) is 2. The number of nitrogens with two attached hydrogens (primary N) is 1. The van der Waals surface area contributed by atoms with Crippen LogP contribution in [0.25, 0.3) is 0 Å². The molecule has 0 fully saturated rings. The zero-order valence-electron chi connectivity index (χ0n) is 9.65. The van der Waals surface area contributed by atoms with E-state index in [2.05, 4.69) is 10.1 Å². The smallest absolute Gasteiger partial charge is 0.315 e. The number of carbonyl (C=O) groups is 2. The zero-order valence-corrected chi connectivity index (χ0v) is 10.5. The van der Waals surface area contributed by atoms with Gasteiger partial charge in [0, 0.05) is 23.2 Å². The minimum absolute atomic E-state index is 0.165. The van der Waals surface area contributed by atoms with Crippen LogP contribution in [0.3, 0.4) is 0 Å². The van der Waals surface area contributed by atoms with Crippen molar-refractivity contribution in [1.29, 1.82) is 0 Å². The number of anilines is 1. The number of nitrogens with one attached hydrogen (secondary N) is 1. The molecule has 0 radical (unpaired) electrons. The van der Waals surface area contributed by atoms with Crippen molar-refractivity contribution in [3.8, 4) is 0 Å². The third-order valence-electron chi connectivity index (χ3n) is 2.08. The van der Waals surface area contributed by atoms with E-state index >= 15 is 0 Å². The summed E-state index contributed by atoms with van der Waals surface area (Å²) in [4.78, 5) is 23.1. The van der Waals surface area contributed by atoms with E-state index in [1.807, 2.05) is 0 Å². The lowest BCUT2D eigenvalue weighted by molar-refractivity contribution is -0.137. The van der Waals surface area contributed by atoms with Crippen molar-refractivity contribution >= 4 is 29.3 Å². The van der Waals surface area contributed by atoms with Crippen molar-refractivity contribution in [2.45, 2.75) is 4.90 Å². The summed E-state index contributed by atoms with van der Waals surface area (Å²) >= 11 is 1.24. The number of amides is 1. The average Bonchev–Trinajstić information content (AvgIpc) is 2.36. The highest BCUT2D eigenvalue weighted by molar-refractivity contribution is 8.00. The third kappa shape index (κ3) is 3.67. The van der Waals surface area contributed by atoms with E-state index in [0.717, 1.165) is 0 Å². The van der Waals surface area contributed by atoms with Crippen LogP contribution < -0.4 is 11.1 Å². The Bertz CT molecular complexity index is 435. The van der Waals surface area contributed by atoms with Gasteiger partial charge in [-0.15, -0.1) is 11.8 Å². The topological polar surface area (TPSA) is 81.4 Å². The summed E-state index contributed by atoms with van der Waals surface area (Å²) in [6.07, 6.45) is 0. The first-order valence-corrected chi connectivity index (χ1v) is 5.88. The molecule has 17 heavy (non-hydrogen) atoms. The first-order chi connectivity index (χ1) is 8.08. The Labute approximate surface area is 104 Å². The standard InChI is InChI=1S/C11H14N2O3S/c1-13-11(15)7-3-4-8(12)9(5-7)17-6-10(14)16-2/h3-5H,6,12H2,1-2H3,(H,13,15). The molecular weight excluding hydrogens is 240 g/mol. The van der Waals surface area contributed by atoms with E-state index < -0.39 is 0 Å². The molecule has 6 heteroatoms. The second kappa shape index (κ2) is 6.15. The van der Waals surface area contributed by atoms with Gasteiger partial charge in [-0.05, 0) is 18.2 Å². The predicted octanol–water partition coefficient (Wildman–Crippen LogP) is 0.894. The molecule has 0 atom stereocenters. The van der Waals surface area contributed by atoms with Crippen LogP contribution in [0.4, 0.5) is 5.69 Å². The molecule has 0 aliphatic rings. The number of hydrogen-bond acceptors (Lipinski definition) is 5. The molecule has 0 spiro atoms. The van der Waals surface area contributed by atoms with Crippen molar-refractivity contribution in [1.82, 2.24) is 5.32 Å². The second-order valence-corrected chi connectivity index (χ2v) is 4.21. The Kier molecular flexibility index (Phi) is 4.84. The van der Waals surface area contributed by atoms with Crippen molar-refractivity contribution in [3.05, 3.63) is 23.8 Å². The molecular formula is C11H14N2O3S. The highest BCUT2D eigenvalue weighted by Crippen LogP contribution is 2.26. The highest BCUT2D eigenvalue weighted by atomic mass is 32.2. The molecule has 3 N–H and O–H groups in total. The number of carbonyl (C=O) groups excluding carboxylic acids is 2. The second-order valence-electron chi connectivity index (χ2n) is 3.20. The summed E-state index contributed by atoms with van der Waals surface area (Å²) < 4.78 is 4.53. The van der Waals surface area contributed by atoms with Crippen LogP contribution in [0, 0.1) is 0 Å². The van der Waals surface area contributed by atoms with E-state index in [1.54, 1.807) is 25.2 Å². The van der Waals surface area contributed by atoms with Crippen molar-refractivity contribution in [2.24, 2.45) is 0 Å². The van der Waals surface area contributed by atoms with Gasteiger partial charge < -0.3 is 15.8 Å². The lowest BCUT2D eigenvalue weighted by Crippen LogP contribution is -2.17. The van der Waals surface area contributed by atoms with Crippen molar-refractivity contribution in [3.63, 3.8) is 0 Å². The molecule has 0 aliphatic carbocycles. The summed E-state index contributed by atoms with van der Waals surface area (Å²) in [5, 5.41) is 2.52. The Morgan fingerprint density at radius 2 is 2.18 bits per heavy atom. The first kappa shape index (κ1) is 13.4. The van der Waals surface area contributed by atoms with E-state index in [-0.39, 0.29) is 17.6 Å². The van der Waals surface area contributed by atoms with Gasteiger partial charge in [0.2, 0.25) is 0 Å². The van der Waals surface area contributed by atoms with Gasteiger partial charge in [-0.1, -0.05) is 0 Å². The number of rotatable bonds is 4. The Hall–Kier alpha value is -1.69. The van der Waals surface area contributed by atoms with E-state index in [0.29, 0.717) is 16.1 Å². The molecule has 0 saturated heterocycles. The van der Waals surface area contributed by atoms with Gasteiger partial charge >= 0.3 is 5.97 Å². The fourth-order valence-electron chi connectivity index (χ4n) is 1.14. The van der Waals surface area contributed by atoms with Crippen LogP contribution in [0.15, 0.2) is 23.1 Å². The lowest BCUT2D eigenvalue weighted by Gasteiger charge is -2.07. The lowest BCUT2D eigenvalue weighted by atomic mass is 10.2. The minimum Gasteiger partial charge on any atom is -0.468 e. The maximum Gasteiger partial charge on any atom is 0.315 e. The van der Waals surface area contributed by atoms with Crippen LogP contribution in [0.5, 0.6) is 0 Å². The van der Waals surface area contributed by atoms with Gasteiger partial charge in [-0.3, -0.25) is 9.59 Å². The Morgan fingerprint density at radius 3 is 2.76 bits per heavy atom. The molecule has 1 aromatic carbocycles. The first-order valence-electron chi connectivity index (χ1n) is 4.89. The minimum atomic E-state index is -0.334. The molecule has 0 saturated carbocycles. The number of methoxy groups -OCH3 is 1. The normalized spacial score (nSPS) is 9.76. The van der Waals surface area contributed by atoms with Gasteiger partial charge in [0.05, 0.1) is 12.9 Å². The van der Waals surface area contributed by atoms with Crippen LogP contribution in [0.1, 0.15) is 10.4 Å². The van der Waals surface area contributed by atoms with Crippen molar-refractivity contribution < 1.29 is 14.3 Å². The predicted molar refractivity (Wildman–Crippen MR) is 67.0 cm³/mol. The maximum absolute atomic E-state index is 11.4. The number of nitrogen functional groups attached to an aromatic ring is 1. The maximum atomic E-state index is 11.4. The monoisotopic (exact) mass is 254 g/mol. The molecule has 0 aliphatic heterocycles. The quantitative estimate of drug-likeness (QED) is 0.474. The Balaban J connectivity index is 2.83. The molecule has 1 amide bonds. The summed E-state index contributed by atoms with van der Waals surface area (Å²) in [6, 6.07) is 4.93. The largest absolute Gasteiger partial charge is 0.468 e. The van der Waals surface area contributed by atoms with Gasteiger partial charge in [-0.25, -0.2) is 0 Å². The fraction of sp³-hybridized carbons (Fsp3) is 0.273. The highest BCUT2D eigenvalue weighted by Gasteiger charge is 2.09. The fourth-order valence-corrected chi connectivity index (χ4v) is 1.98. The number of benzene rings is 1. The number of esters is 1. The Morgan fingerprint density at radius 1 is 1.47 bits per heavy atom. The van der Waals surface area contributed by atoms with E-state index in [1.165, 1.54) is 18.9 Å². The van der Waals surface area contributed by atoms with Crippen LogP contribution >= 0.6 is 11.8 Å². The van der Waals surface area contributed by atoms with Gasteiger partial charge in [0.15, 0.2) is 0 Å². The SMILES string of the molecule is CNC(=O)c1ccc(N)c(SCC(=O)OC)c1. The van der Waals surface area contributed by atoms with Crippen molar-refractivity contribution in [2.75, 3.05) is 25.6 Å². The molecule has 1 aromatic rings. The molecule has 0 bridgehead atoms. The zero-order chi connectivity index (χ0) is 12.8. The third-order valence-corrected chi connectivity index (χ3v) is 3.12. The molecule has 0 unspecified atom stereocenters. The van der Waals surface area contributed by atoms with Gasteiger partial charge in [-0.2, -0.15) is 0 Å². The summed E-state index contributed by atoms with van der Waals surface area (Å²) in [5.74, 6) is -0.359. The number of ether oxygens (including phenoxy) is 1. The molecule has 0 aromatic heterocycles. The summed E-state index contributed by atoms with van der Waals surface area (Å²) in [7, 11) is 2.88. The van der Waals surface area contributed by atoms with Crippen LogP contribution in [-0.2, 0) is 9.53 Å². The van der Waals surface area contributed by atoms with Gasteiger partial charge in [0.25, 0.3) is 5.91 Å². The number of thioether (sulfide) groups is 1. The van der Waals surface area contributed by atoms with Crippen LogP contribution in [0.2, 0.25) is 0 Å². The molecule has 1 rings (SSSR count). The molecule has 5 nitrogen and oxygen atoms in total. The molecule has 92 valence electrons. The average molecular weight is 254 g/mol. The van der Waals surface area contributed by atoms with E-state index in [4.69, 9.17) is 5.73 Å². The molecule has 0 heterocycles.